The highest BCUT2D eigenvalue weighted by atomic mass is 16.5. The first kappa shape index (κ1) is 27.5. The zero-order chi connectivity index (χ0) is 24.4. The number of hydrogen-bond acceptors (Lipinski definition) is 4. The van der Waals surface area contributed by atoms with Crippen molar-refractivity contribution in [2.45, 2.75) is 67.4 Å². The van der Waals surface area contributed by atoms with Gasteiger partial charge in [0.15, 0.2) is 0 Å². The minimum atomic E-state index is -0.141. The summed E-state index contributed by atoms with van der Waals surface area (Å²) in [5, 5.41) is 0. The lowest BCUT2D eigenvalue weighted by Gasteiger charge is -2.21. The van der Waals surface area contributed by atoms with E-state index in [1.807, 2.05) is 13.8 Å². The largest absolute Gasteiger partial charge is 0.488 e. The summed E-state index contributed by atoms with van der Waals surface area (Å²) in [6, 6.07) is 0. The number of H-pyrrole nitrogens is 1. The molecule has 0 spiro atoms. The summed E-state index contributed by atoms with van der Waals surface area (Å²) in [5.74, 6) is 0.865. The molecule has 0 aromatic carbocycles. The molecule has 1 heterocycles. The lowest BCUT2D eigenvalue weighted by atomic mass is 9.95. The normalized spacial score (nSPS) is 15.6. The maximum absolute atomic E-state index is 12.5. The molecule has 2 atom stereocenters. The molecule has 1 rings (SSSR count). The van der Waals surface area contributed by atoms with Gasteiger partial charge in [-0.2, -0.15) is 0 Å². The summed E-state index contributed by atoms with van der Waals surface area (Å²) in [6.07, 6.45) is 10.4. The first-order valence-electron chi connectivity index (χ1n) is 11.1. The molecule has 0 amide bonds. The topological polar surface area (TPSA) is 60.6 Å². The molecule has 1 aromatic rings. The second-order valence-corrected chi connectivity index (χ2v) is 8.51. The molecule has 0 aliphatic rings. The van der Waals surface area contributed by atoms with Crippen LogP contribution in [0.4, 0.5) is 0 Å². The zero-order valence-electron chi connectivity index (χ0n) is 21.5. The van der Waals surface area contributed by atoms with Crippen LogP contribution in [0.25, 0.3) is 0 Å². The Bertz CT molecular complexity index is 947. The Balaban J connectivity index is 2.94. The van der Waals surface area contributed by atoms with Crippen molar-refractivity contribution in [1.82, 2.24) is 4.98 Å². The van der Waals surface area contributed by atoms with Crippen LogP contribution in [0.5, 0.6) is 11.6 Å². The molecule has 0 aliphatic carbocycles. The van der Waals surface area contributed by atoms with E-state index in [0.29, 0.717) is 23.8 Å². The third kappa shape index (κ3) is 7.56. The van der Waals surface area contributed by atoms with Gasteiger partial charge in [0.05, 0.1) is 20.3 Å². The monoisotopic (exact) mass is 443 g/mol. The van der Waals surface area contributed by atoms with Crippen molar-refractivity contribution in [2.75, 3.05) is 21.3 Å². The van der Waals surface area contributed by atoms with Crippen LogP contribution < -0.4 is 14.9 Å². The van der Waals surface area contributed by atoms with Crippen LogP contribution in [-0.2, 0) is 11.2 Å². The molecule has 0 saturated carbocycles. The molecule has 0 bridgehead atoms. The van der Waals surface area contributed by atoms with Crippen molar-refractivity contribution in [3.05, 3.63) is 68.1 Å². The summed E-state index contributed by atoms with van der Waals surface area (Å²) in [5.41, 5.74) is 6.35. The number of pyridine rings is 1. The summed E-state index contributed by atoms with van der Waals surface area (Å²) < 4.78 is 16.1. The second-order valence-electron chi connectivity index (χ2n) is 8.51. The molecule has 1 N–H and O–H groups in total. The van der Waals surface area contributed by atoms with Gasteiger partial charge in [0.25, 0.3) is 0 Å². The molecule has 0 aliphatic heterocycles. The molecule has 0 unspecified atom stereocenters. The van der Waals surface area contributed by atoms with E-state index in [0.717, 1.165) is 12.1 Å². The van der Waals surface area contributed by atoms with Gasteiger partial charge in [-0.1, -0.05) is 47.9 Å². The lowest BCUT2D eigenvalue weighted by Crippen LogP contribution is -2.20. The summed E-state index contributed by atoms with van der Waals surface area (Å²) >= 11 is 0. The van der Waals surface area contributed by atoms with Gasteiger partial charge < -0.3 is 19.2 Å². The fourth-order valence-corrected chi connectivity index (χ4v) is 3.99. The van der Waals surface area contributed by atoms with Gasteiger partial charge in [0.2, 0.25) is 17.1 Å². The molecule has 5 nitrogen and oxygen atoms in total. The first-order valence-corrected chi connectivity index (χ1v) is 11.1. The number of nitrogens with one attached hydrogen (secondary N) is 1. The molecule has 32 heavy (non-hydrogen) atoms. The molecular formula is C27H41NO4. The van der Waals surface area contributed by atoms with Crippen LogP contribution in [0.3, 0.4) is 0 Å². The van der Waals surface area contributed by atoms with Gasteiger partial charge in [-0.3, -0.25) is 4.79 Å². The van der Waals surface area contributed by atoms with E-state index in [1.54, 1.807) is 7.11 Å². The molecule has 0 saturated heterocycles. The van der Waals surface area contributed by atoms with E-state index in [4.69, 9.17) is 14.2 Å². The van der Waals surface area contributed by atoms with E-state index >= 15 is 0 Å². The van der Waals surface area contributed by atoms with E-state index in [1.165, 1.54) is 36.5 Å². The van der Waals surface area contributed by atoms with Crippen molar-refractivity contribution in [1.29, 1.82) is 0 Å². The molecule has 178 valence electrons. The Labute approximate surface area is 193 Å². The maximum atomic E-state index is 12.5. The van der Waals surface area contributed by atoms with E-state index in [-0.39, 0.29) is 17.3 Å². The predicted octanol–water partition coefficient (Wildman–Crippen LogP) is 6.09. The van der Waals surface area contributed by atoms with Crippen LogP contribution >= 0.6 is 0 Å². The minimum Gasteiger partial charge on any atom is -0.488 e. The first-order chi connectivity index (χ1) is 15.1. The van der Waals surface area contributed by atoms with Crippen molar-refractivity contribution < 1.29 is 14.2 Å². The van der Waals surface area contributed by atoms with E-state index < -0.39 is 0 Å². The van der Waals surface area contributed by atoms with E-state index in [2.05, 4.69) is 63.9 Å². The highest BCUT2D eigenvalue weighted by Gasteiger charge is 2.16. The molecule has 1 aromatic heterocycles. The number of rotatable bonds is 11. The number of aromatic amines is 1. The lowest BCUT2D eigenvalue weighted by molar-refractivity contribution is 0.103. The van der Waals surface area contributed by atoms with Crippen molar-refractivity contribution >= 4 is 0 Å². The van der Waals surface area contributed by atoms with Gasteiger partial charge in [0.1, 0.15) is 0 Å². The van der Waals surface area contributed by atoms with Gasteiger partial charge in [-0.25, -0.2) is 0 Å². The van der Waals surface area contributed by atoms with Crippen LogP contribution in [-0.4, -0.2) is 32.4 Å². The maximum Gasteiger partial charge on any atom is 0.238 e. The summed E-state index contributed by atoms with van der Waals surface area (Å²) in [7, 11) is 4.76. The van der Waals surface area contributed by atoms with Crippen molar-refractivity contribution in [3.63, 3.8) is 0 Å². The van der Waals surface area contributed by atoms with Crippen LogP contribution in [0.2, 0.25) is 0 Å². The second kappa shape index (κ2) is 13.1. The van der Waals surface area contributed by atoms with Crippen molar-refractivity contribution in [3.8, 4) is 11.6 Å². The van der Waals surface area contributed by atoms with Gasteiger partial charge >= 0.3 is 0 Å². The molecular weight excluding hydrogens is 402 g/mol. The third-order valence-electron chi connectivity index (χ3n) is 5.73. The van der Waals surface area contributed by atoms with E-state index in [9.17, 15) is 4.79 Å². The van der Waals surface area contributed by atoms with Crippen LogP contribution in [0.1, 0.15) is 59.2 Å². The fourth-order valence-electron chi connectivity index (χ4n) is 3.99. The van der Waals surface area contributed by atoms with Crippen molar-refractivity contribution in [2.24, 2.45) is 5.92 Å². The average Bonchev–Trinajstić information content (AvgIpc) is 2.74. The zero-order valence-corrected chi connectivity index (χ0v) is 21.5. The fraction of sp³-hybridized carbons (Fsp3) is 0.519. The number of ether oxygens (including phenoxy) is 3. The molecule has 0 fully saturated rings. The minimum absolute atomic E-state index is 0.0946. The number of aromatic nitrogens is 1. The standard InChI is InChI=1S/C27H41NO4/c1-11-20(5)25(30-8)21(6)16-19(4)15-18(3)14-17(2)12-13-23-22(7)24(29)26(31-9)27(28-23)32-10/h11-12,15-16,21,25H,13-14H2,1-10H3,(H,28,29)/b17-12+,18-15+,19-16+,20-11+/t21-,25+/m0/s1. The Morgan fingerprint density at radius 3 is 2.25 bits per heavy atom. The SMILES string of the molecule is C/C=C(\C)[C@@H](OC)[C@@H](C)/C=C(C)/C=C(\C)C/C(C)=C/Cc1[nH]c(OC)c(OC)c(=O)c1C. The highest BCUT2D eigenvalue weighted by molar-refractivity contribution is 5.40. The average molecular weight is 444 g/mol. The van der Waals surface area contributed by atoms with Gasteiger partial charge in [-0.05, 0) is 53.5 Å². The quantitative estimate of drug-likeness (QED) is 0.332. The number of hydrogen-bond donors (Lipinski definition) is 1. The Kier molecular flexibility index (Phi) is 11.3. The van der Waals surface area contributed by atoms with Crippen LogP contribution in [0, 0.1) is 12.8 Å². The third-order valence-corrected chi connectivity index (χ3v) is 5.73. The molecule has 0 radical (unpaired) electrons. The predicted molar refractivity (Wildman–Crippen MR) is 134 cm³/mol. The Morgan fingerprint density at radius 2 is 1.72 bits per heavy atom. The van der Waals surface area contributed by atoms with Gasteiger partial charge in [-0.15, -0.1) is 0 Å². The molecule has 5 heteroatoms. The Hall–Kier alpha value is -2.53. The summed E-state index contributed by atoms with van der Waals surface area (Å²) in [4.78, 5) is 15.7. The van der Waals surface area contributed by atoms with Crippen LogP contribution in [0.15, 0.2) is 51.4 Å². The number of allylic oxidation sites excluding steroid dienone is 6. The Morgan fingerprint density at radius 1 is 1.06 bits per heavy atom. The highest BCUT2D eigenvalue weighted by Crippen LogP contribution is 2.23. The van der Waals surface area contributed by atoms with Gasteiger partial charge in [0, 0.05) is 30.7 Å². The smallest absolute Gasteiger partial charge is 0.238 e. The number of methoxy groups -OCH3 is 3. The summed E-state index contributed by atoms with van der Waals surface area (Å²) in [6.45, 7) is 14.5.